The molecule has 1 atom stereocenters. The van der Waals surface area contributed by atoms with Crippen LogP contribution >= 0.6 is 0 Å². The summed E-state index contributed by atoms with van der Waals surface area (Å²) in [6.07, 6.45) is 2.62. The van der Waals surface area contributed by atoms with Gasteiger partial charge < -0.3 is 4.79 Å². The van der Waals surface area contributed by atoms with Gasteiger partial charge in [-0.2, -0.15) is 5.10 Å². The van der Waals surface area contributed by atoms with Gasteiger partial charge in [-0.1, -0.05) is 0 Å². The molecule has 0 aromatic heterocycles. The Labute approximate surface area is 54.3 Å². The first-order valence-corrected chi connectivity index (χ1v) is 3.11. The summed E-state index contributed by atoms with van der Waals surface area (Å²) in [6, 6.07) is 0. The second-order valence-corrected chi connectivity index (χ2v) is 2.07. The monoisotopic (exact) mass is 126 g/mol. The van der Waals surface area contributed by atoms with E-state index in [1.54, 1.807) is 6.21 Å². The molecule has 0 amide bonds. The summed E-state index contributed by atoms with van der Waals surface area (Å²) in [4.78, 5) is 10.2. The topological polar surface area (TPSA) is 32.7 Å². The van der Waals surface area contributed by atoms with Crippen molar-refractivity contribution in [1.29, 1.82) is 0 Å². The zero-order chi connectivity index (χ0) is 6.69. The van der Waals surface area contributed by atoms with Gasteiger partial charge >= 0.3 is 0 Å². The summed E-state index contributed by atoms with van der Waals surface area (Å²) < 4.78 is 0. The molecule has 0 bridgehead atoms. The molecule has 1 aliphatic heterocycles. The minimum absolute atomic E-state index is 0.0324. The average molecular weight is 126 g/mol. The highest BCUT2D eigenvalue weighted by Gasteiger charge is 2.13. The van der Waals surface area contributed by atoms with Crippen molar-refractivity contribution >= 4 is 12.5 Å². The summed E-state index contributed by atoms with van der Waals surface area (Å²) >= 11 is 0. The van der Waals surface area contributed by atoms with Crippen molar-refractivity contribution in [3.05, 3.63) is 0 Å². The number of carbonyl (C=O) groups is 1. The first-order valence-electron chi connectivity index (χ1n) is 3.11. The second-order valence-electron chi connectivity index (χ2n) is 2.07. The van der Waals surface area contributed by atoms with E-state index in [9.17, 15) is 4.79 Å². The van der Waals surface area contributed by atoms with Gasteiger partial charge in [0.15, 0.2) is 0 Å². The maximum absolute atomic E-state index is 10.2. The molecule has 0 aliphatic carbocycles. The van der Waals surface area contributed by atoms with Gasteiger partial charge in [0.05, 0.1) is 12.5 Å². The van der Waals surface area contributed by atoms with Crippen molar-refractivity contribution in [2.75, 3.05) is 13.1 Å². The fraction of sp³-hybridized carbons (Fsp3) is 0.667. The molecule has 1 rings (SSSR count). The van der Waals surface area contributed by atoms with Crippen LogP contribution in [0.4, 0.5) is 0 Å². The van der Waals surface area contributed by atoms with Crippen LogP contribution in [-0.2, 0) is 4.79 Å². The number of hydrazone groups is 1. The molecule has 3 nitrogen and oxygen atoms in total. The lowest BCUT2D eigenvalue weighted by Crippen LogP contribution is -2.18. The van der Waals surface area contributed by atoms with E-state index in [2.05, 4.69) is 5.10 Å². The summed E-state index contributed by atoms with van der Waals surface area (Å²) in [6.45, 7) is 3.67. The van der Waals surface area contributed by atoms with Gasteiger partial charge in [0, 0.05) is 12.8 Å². The van der Waals surface area contributed by atoms with Crippen LogP contribution < -0.4 is 0 Å². The first kappa shape index (κ1) is 6.26. The predicted molar refractivity (Wildman–Crippen MR) is 35.3 cm³/mol. The van der Waals surface area contributed by atoms with Crippen LogP contribution in [-0.4, -0.2) is 30.6 Å². The number of nitrogens with zero attached hydrogens (tertiary/aromatic N) is 2. The average Bonchev–Trinajstić information content (AvgIpc) is 2.34. The predicted octanol–water partition coefficient (Wildman–Crippen LogP) is 0.123. The lowest BCUT2D eigenvalue weighted by molar-refractivity contribution is -0.109. The molecular formula is C6H10N2O. The number of carbonyl (C=O) groups excluding carboxylic acids is 1. The molecule has 0 saturated heterocycles. The van der Waals surface area contributed by atoms with Gasteiger partial charge in [0.1, 0.15) is 6.29 Å². The van der Waals surface area contributed by atoms with E-state index >= 15 is 0 Å². The van der Waals surface area contributed by atoms with Crippen molar-refractivity contribution in [2.45, 2.75) is 6.92 Å². The van der Waals surface area contributed by atoms with Crippen LogP contribution in [0, 0.1) is 5.92 Å². The van der Waals surface area contributed by atoms with Crippen LogP contribution in [0.2, 0.25) is 0 Å². The minimum atomic E-state index is 0.0324. The normalized spacial score (nSPS) is 25.0. The van der Waals surface area contributed by atoms with E-state index in [-0.39, 0.29) is 5.92 Å². The maximum atomic E-state index is 10.2. The molecule has 0 radical (unpaired) electrons. The van der Waals surface area contributed by atoms with Crippen LogP contribution in [0.1, 0.15) is 6.92 Å². The Balaban J connectivity index is 2.39. The molecule has 0 spiro atoms. The third-order valence-corrected chi connectivity index (χ3v) is 1.38. The SMILES string of the molecule is CCN1CC(C=O)C=N1. The van der Waals surface area contributed by atoms with Gasteiger partial charge in [0.25, 0.3) is 0 Å². The lowest BCUT2D eigenvalue weighted by Gasteiger charge is -2.09. The first-order chi connectivity index (χ1) is 4.36. The zero-order valence-corrected chi connectivity index (χ0v) is 5.45. The Morgan fingerprint density at radius 3 is 3.11 bits per heavy atom. The van der Waals surface area contributed by atoms with Gasteiger partial charge in [-0.25, -0.2) is 0 Å². The molecule has 0 saturated carbocycles. The zero-order valence-electron chi connectivity index (χ0n) is 5.45. The van der Waals surface area contributed by atoms with Gasteiger partial charge in [-0.05, 0) is 6.92 Å². The molecule has 0 aromatic rings. The Morgan fingerprint density at radius 2 is 2.78 bits per heavy atom. The van der Waals surface area contributed by atoms with E-state index in [1.807, 2.05) is 11.9 Å². The van der Waals surface area contributed by atoms with Crippen molar-refractivity contribution in [1.82, 2.24) is 5.01 Å². The van der Waals surface area contributed by atoms with Crippen LogP contribution in [0.25, 0.3) is 0 Å². The standard InChI is InChI=1S/C6H10N2O/c1-2-8-4-6(5-9)3-7-8/h3,5-6H,2,4H2,1H3. The van der Waals surface area contributed by atoms with Crippen molar-refractivity contribution < 1.29 is 4.79 Å². The Kier molecular flexibility index (Phi) is 1.82. The van der Waals surface area contributed by atoms with Crippen molar-refractivity contribution in [2.24, 2.45) is 11.0 Å². The number of hydrogen-bond donors (Lipinski definition) is 0. The molecule has 1 heterocycles. The molecule has 0 fully saturated rings. The summed E-state index contributed by atoms with van der Waals surface area (Å²) in [5.41, 5.74) is 0. The highest BCUT2D eigenvalue weighted by atomic mass is 16.1. The largest absolute Gasteiger partial charge is 0.303 e. The third-order valence-electron chi connectivity index (χ3n) is 1.38. The number of hydrogen-bond acceptors (Lipinski definition) is 3. The van der Waals surface area contributed by atoms with Crippen LogP contribution in [0.5, 0.6) is 0 Å². The molecular weight excluding hydrogens is 116 g/mol. The van der Waals surface area contributed by atoms with E-state index in [4.69, 9.17) is 0 Å². The minimum Gasteiger partial charge on any atom is -0.303 e. The number of aldehydes is 1. The molecule has 0 aromatic carbocycles. The highest BCUT2D eigenvalue weighted by Crippen LogP contribution is 2.03. The molecule has 3 heteroatoms. The van der Waals surface area contributed by atoms with Crippen molar-refractivity contribution in [3.8, 4) is 0 Å². The van der Waals surface area contributed by atoms with E-state index in [1.165, 1.54) is 0 Å². The second kappa shape index (κ2) is 2.62. The third kappa shape index (κ3) is 1.28. The van der Waals surface area contributed by atoms with Crippen LogP contribution in [0.3, 0.4) is 0 Å². The molecule has 1 unspecified atom stereocenters. The summed E-state index contributed by atoms with van der Waals surface area (Å²) in [5, 5.41) is 5.86. The van der Waals surface area contributed by atoms with Gasteiger partial charge in [-0.15, -0.1) is 0 Å². The summed E-state index contributed by atoms with van der Waals surface area (Å²) in [7, 11) is 0. The van der Waals surface area contributed by atoms with E-state index < -0.39 is 0 Å². The summed E-state index contributed by atoms with van der Waals surface area (Å²) in [5.74, 6) is 0.0324. The quantitative estimate of drug-likeness (QED) is 0.492. The smallest absolute Gasteiger partial charge is 0.130 e. The van der Waals surface area contributed by atoms with Crippen molar-refractivity contribution in [3.63, 3.8) is 0 Å². The van der Waals surface area contributed by atoms with E-state index in [0.717, 1.165) is 19.4 Å². The van der Waals surface area contributed by atoms with Crippen LogP contribution in [0.15, 0.2) is 5.10 Å². The van der Waals surface area contributed by atoms with Gasteiger partial charge in [0.2, 0.25) is 0 Å². The highest BCUT2D eigenvalue weighted by molar-refractivity contribution is 5.81. The molecule has 0 N–H and O–H groups in total. The molecule has 50 valence electrons. The fourth-order valence-electron chi connectivity index (χ4n) is 0.806. The van der Waals surface area contributed by atoms with E-state index in [0.29, 0.717) is 0 Å². The Hall–Kier alpha value is -0.860. The maximum Gasteiger partial charge on any atom is 0.130 e. The molecule has 1 aliphatic rings. The lowest BCUT2D eigenvalue weighted by atomic mass is 10.2. The molecule has 9 heavy (non-hydrogen) atoms. The Morgan fingerprint density at radius 1 is 2.00 bits per heavy atom. The number of rotatable bonds is 2. The Bertz CT molecular complexity index is 133. The fourth-order valence-corrected chi connectivity index (χ4v) is 0.806. The van der Waals surface area contributed by atoms with Gasteiger partial charge in [-0.3, -0.25) is 5.01 Å².